The average molecular weight is 337 g/mol. The number of rotatable bonds is 6. The quantitative estimate of drug-likeness (QED) is 0.824. The zero-order chi connectivity index (χ0) is 14.4. The Labute approximate surface area is 127 Å². The Bertz CT molecular complexity index is 563. The second-order valence-electron chi connectivity index (χ2n) is 4.29. The smallest absolute Gasteiger partial charge is 0.124 e. The van der Waals surface area contributed by atoms with Crippen LogP contribution < -0.4 is 10.5 Å². The van der Waals surface area contributed by atoms with E-state index in [4.69, 9.17) is 15.2 Å². The SMILES string of the molecule is COCCOc1ccccc1C(N)c1cncc(Br)c1. The minimum atomic E-state index is -0.279. The van der Waals surface area contributed by atoms with Gasteiger partial charge in [0.1, 0.15) is 12.4 Å². The lowest BCUT2D eigenvalue weighted by Gasteiger charge is -2.17. The zero-order valence-electron chi connectivity index (χ0n) is 11.3. The topological polar surface area (TPSA) is 57.4 Å². The molecule has 0 amide bonds. The van der Waals surface area contributed by atoms with Gasteiger partial charge in [0.05, 0.1) is 12.6 Å². The van der Waals surface area contributed by atoms with E-state index in [1.165, 1.54) is 0 Å². The third-order valence-electron chi connectivity index (χ3n) is 2.88. The molecule has 20 heavy (non-hydrogen) atoms. The fraction of sp³-hybridized carbons (Fsp3) is 0.267. The summed E-state index contributed by atoms with van der Waals surface area (Å²) in [6.07, 6.45) is 3.50. The molecule has 1 aromatic heterocycles. The van der Waals surface area contributed by atoms with Crippen LogP contribution in [0.5, 0.6) is 5.75 Å². The number of para-hydroxylation sites is 1. The molecule has 1 unspecified atom stereocenters. The summed E-state index contributed by atoms with van der Waals surface area (Å²) in [7, 11) is 1.65. The number of hydrogen-bond acceptors (Lipinski definition) is 4. The van der Waals surface area contributed by atoms with Gasteiger partial charge in [-0.3, -0.25) is 4.98 Å². The van der Waals surface area contributed by atoms with Crippen LogP contribution in [-0.2, 0) is 4.74 Å². The molecular weight excluding hydrogens is 320 g/mol. The van der Waals surface area contributed by atoms with E-state index in [-0.39, 0.29) is 6.04 Å². The van der Waals surface area contributed by atoms with E-state index >= 15 is 0 Å². The molecule has 5 heteroatoms. The van der Waals surface area contributed by atoms with Gasteiger partial charge in [-0.2, -0.15) is 0 Å². The van der Waals surface area contributed by atoms with Gasteiger partial charge >= 0.3 is 0 Å². The van der Waals surface area contributed by atoms with Gasteiger partial charge in [-0.25, -0.2) is 0 Å². The minimum Gasteiger partial charge on any atom is -0.491 e. The van der Waals surface area contributed by atoms with E-state index in [1.807, 2.05) is 30.3 Å². The molecule has 0 radical (unpaired) electrons. The Morgan fingerprint density at radius 3 is 2.80 bits per heavy atom. The van der Waals surface area contributed by atoms with Crippen molar-refractivity contribution in [1.82, 2.24) is 4.98 Å². The molecule has 0 saturated heterocycles. The highest BCUT2D eigenvalue weighted by atomic mass is 79.9. The zero-order valence-corrected chi connectivity index (χ0v) is 12.8. The van der Waals surface area contributed by atoms with E-state index in [2.05, 4.69) is 20.9 Å². The molecule has 1 aromatic carbocycles. The highest BCUT2D eigenvalue weighted by molar-refractivity contribution is 9.10. The Balaban J connectivity index is 2.23. The molecule has 4 nitrogen and oxygen atoms in total. The first-order valence-corrected chi connectivity index (χ1v) is 7.08. The summed E-state index contributed by atoms with van der Waals surface area (Å²) in [4.78, 5) is 4.15. The van der Waals surface area contributed by atoms with Crippen molar-refractivity contribution in [2.24, 2.45) is 5.73 Å². The van der Waals surface area contributed by atoms with Gasteiger partial charge in [0, 0.05) is 29.5 Å². The normalized spacial score (nSPS) is 12.2. The van der Waals surface area contributed by atoms with Crippen LogP contribution in [0.4, 0.5) is 0 Å². The summed E-state index contributed by atoms with van der Waals surface area (Å²) in [5, 5.41) is 0. The van der Waals surface area contributed by atoms with Crippen molar-refractivity contribution in [2.75, 3.05) is 20.3 Å². The number of halogens is 1. The third kappa shape index (κ3) is 3.79. The van der Waals surface area contributed by atoms with Crippen LogP contribution in [0.2, 0.25) is 0 Å². The van der Waals surface area contributed by atoms with Crippen molar-refractivity contribution in [2.45, 2.75) is 6.04 Å². The van der Waals surface area contributed by atoms with Crippen LogP contribution in [-0.4, -0.2) is 25.3 Å². The van der Waals surface area contributed by atoms with Crippen molar-refractivity contribution in [1.29, 1.82) is 0 Å². The summed E-state index contributed by atoms with van der Waals surface area (Å²) in [6.45, 7) is 1.04. The number of methoxy groups -OCH3 is 1. The molecule has 1 heterocycles. The largest absolute Gasteiger partial charge is 0.491 e. The molecule has 0 fully saturated rings. The lowest BCUT2D eigenvalue weighted by molar-refractivity contribution is 0.145. The Morgan fingerprint density at radius 2 is 2.05 bits per heavy atom. The molecule has 2 aromatic rings. The van der Waals surface area contributed by atoms with Crippen molar-refractivity contribution < 1.29 is 9.47 Å². The second kappa shape index (κ2) is 7.38. The van der Waals surface area contributed by atoms with Crippen LogP contribution in [0.1, 0.15) is 17.2 Å². The number of ether oxygens (including phenoxy) is 2. The summed E-state index contributed by atoms with van der Waals surface area (Å²) in [5.74, 6) is 0.775. The molecular formula is C15H17BrN2O2. The van der Waals surface area contributed by atoms with Crippen LogP contribution in [0, 0.1) is 0 Å². The van der Waals surface area contributed by atoms with Crippen LogP contribution in [0.25, 0.3) is 0 Å². The van der Waals surface area contributed by atoms with Crippen molar-refractivity contribution >= 4 is 15.9 Å². The van der Waals surface area contributed by atoms with E-state index in [1.54, 1.807) is 19.5 Å². The monoisotopic (exact) mass is 336 g/mol. The highest BCUT2D eigenvalue weighted by Gasteiger charge is 2.14. The maximum Gasteiger partial charge on any atom is 0.124 e. The number of pyridine rings is 1. The molecule has 0 bridgehead atoms. The van der Waals surface area contributed by atoms with Crippen molar-refractivity contribution in [3.8, 4) is 5.75 Å². The van der Waals surface area contributed by atoms with Gasteiger partial charge < -0.3 is 15.2 Å². The number of benzene rings is 1. The van der Waals surface area contributed by atoms with E-state index in [0.29, 0.717) is 13.2 Å². The Kier molecular flexibility index (Phi) is 5.52. The number of nitrogens with two attached hydrogens (primary N) is 1. The molecule has 0 spiro atoms. The van der Waals surface area contributed by atoms with Gasteiger partial charge in [-0.15, -0.1) is 0 Å². The molecule has 106 valence electrons. The van der Waals surface area contributed by atoms with Crippen molar-refractivity contribution in [3.63, 3.8) is 0 Å². The lowest BCUT2D eigenvalue weighted by atomic mass is 10.0. The van der Waals surface area contributed by atoms with Gasteiger partial charge in [-0.05, 0) is 33.6 Å². The average Bonchev–Trinajstić information content (AvgIpc) is 2.47. The first-order chi connectivity index (χ1) is 9.72. The van der Waals surface area contributed by atoms with Gasteiger partial charge in [0.15, 0.2) is 0 Å². The minimum absolute atomic E-state index is 0.279. The van der Waals surface area contributed by atoms with Crippen molar-refractivity contribution in [3.05, 3.63) is 58.3 Å². The fourth-order valence-corrected chi connectivity index (χ4v) is 2.26. The molecule has 2 N–H and O–H groups in total. The summed E-state index contributed by atoms with van der Waals surface area (Å²) in [5.41, 5.74) is 8.18. The summed E-state index contributed by atoms with van der Waals surface area (Å²) >= 11 is 3.41. The van der Waals surface area contributed by atoms with E-state index in [0.717, 1.165) is 21.3 Å². The molecule has 2 rings (SSSR count). The molecule has 0 aliphatic heterocycles. The maximum atomic E-state index is 6.32. The standard InChI is InChI=1S/C15H17BrN2O2/c1-19-6-7-20-14-5-3-2-4-13(14)15(17)11-8-12(16)10-18-9-11/h2-5,8-10,15H,6-7,17H2,1H3. The first kappa shape index (κ1) is 15.0. The molecule has 0 aliphatic carbocycles. The van der Waals surface area contributed by atoms with E-state index < -0.39 is 0 Å². The predicted molar refractivity (Wildman–Crippen MR) is 81.8 cm³/mol. The van der Waals surface area contributed by atoms with Crippen LogP contribution >= 0.6 is 15.9 Å². The number of nitrogens with zero attached hydrogens (tertiary/aromatic N) is 1. The Hall–Kier alpha value is -1.43. The number of aromatic nitrogens is 1. The fourth-order valence-electron chi connectivity index (χ4n) is 1.88. The van der Waals surface area contributed by atoms with Gasteiger partial charge in [0.2, 0.25) is 0 Å². The van der Waals surface area contributed by atoms with Gasteiger partial charge in [0.25, 0.3) is 0 Å². The summed E-state index contributed by atoms with van der Waals surface area (Å²) in [6, 6.07) is 9.44. The predicted octanol–water partition coefficient (Wildman–Crippen LogP) is 2.92. The maximum absolute atomic E-state index is 6.32. The molecule has 0 aliphatic rings. The Morgan fingerprint density at radius 1 is 1.25 bits per heavy atom. The summed E-state index contributed by atoms with van der Waals surface area (Å²) < 4.78 is 11.6. The first-order valence-electron chi connectivity index (χ1n) is 6.29. The number of hydrogen-bond donors (Lipinski definition) is 1. The highest BCUT2D eigenvalue weighted by Crippen LogP contribution is 2.28. The molecule has 0 saturated carbocycles. The van der Waals surface area contributed by atoms with E-state index in [9.17, 15) is 0 Å². The van der Waals surface area contributed by atoms with Crippen LogP contribution in [0.3, 0.4) is 0 Å². The van der Waals surface area contributed by atoms with Gasteiger partial charge in [-0.1, -0.05) is 18.2 Å². The lowest BCUT2D eigenvalue weighted by Crippen LogP contribution is -2.15. The second-order valence-corrected chi connectivity index (χ2v) is 5.21. The molecule has 1 atom stereocenters. The third-order valence-corrected chi connectivity index (χ3v) is 3.32. The van der Waals surface area contributed by atoms with Crippen LogP contribution in [0.15, 0.2) is 47.2 Å².